The van der Waals surface area contributed by atoms with Crippen LogP contribution in [0.25, 0.3) is 21.2 Å². The number of nitrogens with one attached hydrogen (secondary N) is 4. The fraction of sp³-hybridized carbons (Fsp3) is 0.500. The number of thiophene rings is 1. The molecule has 0 bridgehead atoms. The van der Waals surface area contributed by atoms with E-state index in [1.165, 1.54) is 75.1 Å². The average molecular weight is 958 g/mol. The minimum absolute atomic E-state index is 0.130. The van der Waals surface area contributed by atoms with Gasteiger partial charge in [0.15, 0.2) is 6.29 Å². The molecule has 4 aliphatic heterocycles. The Hall–Kier alpha value is -5.15. The molecule has 19 heteroatoms. The molecular weight excluding hydrogens is 895 g/mol. The number of amides is 4. The lowest BCUT2D eigenvalue weighted by Gasteiger charge is -2.48. The lowest BCUT2D eigenvalue weighted by molar-refractivity contribution is -0.139. The number of likely N-dealkylation sites (tertiary alicyclic amines) is 2. The molecule has 0 saturated carbocycles. The molecule has 67 heavy (non-hydrogen) atoms. The van der Waals surface area contributed by atoms with Gasteiger partial charge in [0, 0.05) is 113 Å². The molecule has 1 spiro atoms. The van der Waals surface area contributed by atoms with Gasteiger partial charge < -0.3 is 40.0 Å². The first-order chi connectivity index (χ1) is 32.3. The fourth-order valence-corrected chi connectivity index (χ4v) is 11.2. The van der Waals surface area contributed by atoms with Crippen molar-refractivity contribution >= 4 is 68.0 Å². The number of methoxy groups -OCH3 is 1. The number of aromatic nitrogens is 1. The summed E-state index contributed by atoms with van der Waals surface area (Å²) in [5.41, 5.74) is 4.14. The van der Waals surface area contributed by atoms with Gasteiger partial charge >= 0.3 is 0 Å². The van der Waals surface area contributed by atoms with Crippen LogP contribution in [0.15, 0.2) is 59.5 Å². The molecule has 17 nitrogen and oxygen atoms in total. The molecule has 4 aliphatic rings. The zero-order chi connectivity index (χ0) is 47.7. The third-order valence-corrected chi connectivity index (χ3v) is 15.3. The Balaban J connectivity index is 0.000000200. The number of piperazine rings is 1. The number of benzene rings is 2. The van der Waals surface area contributed by atoms with E-state index in [4.69, 9.17) is 4.74 Å². The topological polar surface area (TPSA) is 195 Å². The molecular formula is C48H63N9O8S2. The van der Waals surface area contributed by atoms with Gasteiger partial charge in [-0.1, -0.05) is 18.2 Å². The summed E-state index contributed by atoms with van der Waals surface area (Å²) in [7, 11) is 4.14. The summed E-state index contributed by atoms with van der Waals surface area (Å²) in [5.74, 6) is -1.70. The molecule has 2 aromatic carbocycles. The van der Waals surface area contributed by atoms with Crippen LogP contribution in [0.5, 0.6) is 5.75 Å². The number of anilines is 1. The fourth-order valence-electron chi connectivity index (χ4n) is 9.40. The number of imide groups is 1. The molecule has 360 valence electrons. The van der Waals surface area contributed by atoms with Crippen LogP contribution in [0.3, 0.4) is 0 Å². The van der Waals surface area contributed by atoms with E-state index in [2.05, 4.69) is 31.1 Å². The first-order valence-electron chi connectivity index (χ1n) is 23.0. The maximum Gasteiger partial charge on any atom is 0.264 e. The van der Waals surface area contributed by atoms with E-state index >= 15 is 0 Å². The number of pyridine rings is 1. The summed E-state index contributed by atoms with van der Waals surface area (Å²) in [4.78, 5) is 80.3. The molecule has 0 aliphatic carbocycles. The van der Waals surface area contributed by atoms with Crippen LogP contribution in [-0.4, -0.2) is 157 Å². The van der Waals surface area contributed by atoms with Gasteiger partial charge in [-0.25, -0.2) is 8.51 Å². The number of aldehydes is 1. The van der Waals surface area contributed by atoms with Gasteiger partial charge in [-0.05, 0) is 93.8 Å². The Morgan fingerprint density at radius 2 is 1.75 bits per heavy atom. The van der Waals surface area contributed by atoms with Gasteiger partial charge in [0.05, 0.1) is 33.9 Å². The summed E-state index contributed by atoms with van der Waals surface area (Å²) >= 11 is 1.29. The normalized spacial score (nSPS) is 19.1. The Morgan fingerprint density at radius 3 is 2.46 bits per heavy atom. The molecule has 0 radical (unpaired) electrons. The average Bonchev–Trinajstić information content (AvgIpc) is 3.96. The van der Waals surface area contributed by atoms with E-state index < -0.39 is 22.8 Å². The van der Waals surface area contributed by atoms with Crippen LogP contribution in [-0.2, 0) is 39.0 Å². The lowest BCUT2D eigenvalue weighted by Crippen LogP contribution is -2.57. The first-order valence-corrected chi connectivity index (χ1v) is 25.3. The van der Waals surface area contributed by atoms with Crippen molar-refractivity contribution in [3.8, 4) is 16.9 Å². The smallest absolute Gasteiger partial charge is 0.264 e. The number of rotatable bonds is 17. The maximum absolute atomic E-state index is 13.1. The van der Waals surface area contributed by atoms with E-state index in [0.29, 0.717) is 63.6 Å². The summed E-state index contributed by atoms with van der Waals surface area (Å²) in [6.07, 6.45) is 8.25. The number of carbonyl (C=O) groups is 5. The van der Waals surface area contributed by atoms with Crippen molar-refractivity contribution in [1.82, 2.24) is 39.5 Å². The van der Waals surface area contributed by atoms with E-state index in [9.17, 15) is 33.0 Å². The van der Waals surface area contributed by atoms with Crippen LogP contribution in [0.2, 0.25) is 0 Å². The SMILES string of the molecule is CNCCN1CCC2(C1)CN(CCCCNCc1cccc(NC(=O)C3CCC(=O)NC3=O)c1)C2.COc1cc(-c2cn(C)c(=O)c3cc(C(=O)N4CCN(S(C)=O)CC4)sc23)ccc1C=O. The minimum Gasteiger partial charge on any atom is -0.496 e. The number of nitrogens with zero attached hydrogens (tertiary/aromatic N) is 5. The number of hydrogen-bond donors (Lipinski definition) is 4. The number of piperidine rings is 1. The maximum atomic E-state index is 13.1. The van der Waals surface area contributed by atoms with Gasteiger partial charge in [0.25, 0.3) is 11.5 Å². The van der Waals surface area contributed by atoms with Gasteiger partial charge in [-0.2, -0.15) is 0 Å². The summed E-state index contributed by atoms with van der Waals surface area (Å²) < 4.78 is 21.0. The lowest BCUT2D eigenvalue weighted by atomic mass is 9.79. The quantitative estimate of drug-likeness (QED) is 0.0525. The summed E-state index contributed by atoms with van der Waals surface area (Å²) in [5, 5.41) is 12.3. The van der Waals surface area contributed by atoms with Crippen molar-refractivity contribution in [2.45, 2.75) is 38.6 Å². The van der Waals surface area contributed by atoms with E-state index in [-0.39, 0.29) is 36.1 Å². The molecule has 2 aromatic heterocycles. The minimum atomic E-state index is -1.05. The molecule has 6 heterocycles. The zero-order valence-electron chi connectivity index (χ0n) is 38.9. The van der Waals surface area contributed by atoms with Crippen molar-refractivity contribution < 1.29 is 32.9 Å². The second-order valence-corrected chi connectivity index (χ2v) is 20.4. The number of unbranched alkanes of at least 4 members (excludes halogenated alkanes) is 1. The van der Waals surface area contributed by atoms with Crippen molar-refractivity contribution in [3.63, 3.8) is 0 Å². The summed E-state index contributed by atoms with van der Waals surface area (Å²) in [6, 6.07) is 14.6. The Bertz CT molecular complexity index is 2530. The summed E-state index contributed by atoms with van der Waals surface area (Å²) in [6.45, 7) is 12.2. The Labute approximate surface area is 398 Å². The number of ether oxygens (including phenoxy) is 1. The van der Waals surface area contributed by atoms with Gasteiger partial charge in [0.1, 0.15) is 11.7 Å². The highest BCUT2D eigenvalue weighted by atomic mass is 32.2. The highest BCUT2D eigenvalue weighted by molar-refractivity contribution is 7.81. The third-order valence-electron chi connectivity index (χ3n) is 13.1. The molecule has 4 aromatic rings. The highest BCUT2D eigenvalue weighted by Gasteiger charge is 2.46. The van der Waals surface area contributed by atoms with Gasteiger partial charge in [-0.15, -0.1) is 11.3 Å². The number of fused-ring (bicyclic) bond motifs is 1. The van der Waals surface area contributed by atoms with Crippen LogP contribution >= 0.6 is 11.3 Å². The first kappa shape index (κ1) is 49.7. The number of hydrogen-bond acceptors (Lipinski definition) is 13. The predicted octanol–water partition coefficient (Wildman–Crippen LogP) is 2.91. The van der Waals surface area contributed by atoms with Crippen molar-refractivity contribution in [2.24, 2.45) is 18.4 Å². The molecule has 4 amide bonds. The molecule has 2 unspecified atom stereocenters. The standard InChI is InChI=1S/C26H40N6O3.C22H23N3O5S2/c1-27-11-14-31-13-9-26(17-31)18-32(19-26)12-3-2-10-28-16-20-5-4-6-21(15-20)29-24(34)22-7-8-23(33)30-25(22)35;1-23-12-17(14-4-5-15(13-26)18(10-14)30-2)20-16(21(23)27)11-19(31-20)22(28)24-6-8-25(9-7-24)32(3)29/h4-6,15,22,27-28H,2-3,7-14,16-19H2,1H3,(H,29,34)(H,30,33,35);4-5,10-13H,6-9H2,1-3H3. The van der Waals surface area contributed by atoms with E-state index in [1.807, 2.05) is 35.6 Å². The van der Waals surface area contributed by atoms with E-state index in [0.717, 1.165) is 49.0 Å². The van der Waals surface area contributed by atoms with Gasteiger partial charge in [0.2, 0.25) is 17.7 Å². The molecule has 2 atom stereocenters. The second kappa shape index (κ2) is 22.8. The van der Waals surface area contributed by atoms with Crippen LogP contribution in [0.4, 0.5) is 5.69 Å². The predicted molar refractivity (Wildman–Crippen MR) is 262 cm³/mol. The zero-order valence-corrected chi connectivity index (χ0v) is 40.5. The molecule has 4 fully saturated rings. The molecule has 4 N–H and O–H groups in total. The molecule has 4 saturated heterocycles. The Morgan fingerprint density at radius 1 is 0.970 bits per heavy atom. The highest BCUT2D eigenvalue weighted by Crippen LogP contribution is 2.39. The van der Waals surface area contributed by atoms with Crippen LogP contribution in [0, 0.1) is 11.3 Å². The Kier molecular flexibility index (Phi) is 16.9. The van der Waals surface area contributed by atoms with Crippen LogP contribution < -0.4 is 31.6 Å². The second-order valence-electron chi connectivity index (χ2n) is 17.9. The van der Waals surface area contributed by atoms with Gasteiger partial charge in [-0.3, -0.25) is 34.1 Å². The monoisotopic (exact) mass is 957 g/mol. The molecule has 8 rings (SSSR count). The number of aryl methyl sites for hydroxylation is 1. The van der Waals surface area contributed by atoms with E-state index in [1.54, 1.807) is 48.7 Å². The van der Waals surface area contributed by atoms with Crippen molar-refractivity contribution in [3.05, 3.63) is 81.1 Å². The van der Waals surface area contributed by atoms with Crippen LogP contribution in [0.1, 0.15) is 57.7 Å². The van der Waals surface area contributed by atoms with Crippen molar-refractivity contribution in [1.29, 1.82) is 0 Å². The van der Waals surface area contributed by atoms with Crippen molar-refractivity contribution in [2.75, 3.05) is 104 Å². The number of carbonyl (C=O) groups excluding carboxylic acids is 5. The third kappa shape index (κ3) is 12.3. The number of likely N-dealkylation sites (N-methyl/N-ethyl adjacent to an activating group) is 1. The largest absolute Gasteiger partial charge is 0.496 e.